The van der Waals surface area contributed by atoms with Gasteiger partial charge in [0.25, 0.3) is 0 Å². The number of pyridine rings is 1. The molecule has 0 aromatic carbocycles. The Labute approximate surface area is 107 Å². The summed E-state index contributed by atoms with van der Waals surface area (Å²) in [5, 5.41) is 3.35. The quantitative estimate of drug-likeness (QED) is 0.770. The van der Waals surface area contributed by atoms with Gasteiger partial charge in [-0.1, -0.05) is 12.2 Å². The Morgan fingerprint density at radius 2 is 2.24 bits per heavy atom. The van der Waals surface area contributed by atoms with Crippen LogP contribution in [-0.2, 0) is 0 Å². The van der Waals surface area contributed by atoms with Crippen LogP contribution in [0.15, 0.2) is 18.5 Å². The summed E-state index contributed by atoms with van der Waals surface area (Å²) in [5.74, 6) is 0. The summed E-state index contributed by atoms with van der Waals surface area (Å²) >= 11 is 5.01. The maximum atomic E-state index is 5.66. The van der Waals surface area contributed by atoms with E-state index in [0.29, 0.717) is 4.99 Å². The van der Waals surface area contributed by atoms with E-state index in [1.807, 2.05) is 6.07 Å². The molecule has 0 amide bonds. The number of likely N-dealkylation sites (tertiary alicyclic amines) is 1. The van der Waals surface area contributed by atoms with Crippen molar-refractivity contribution < 1.29 is 0 Å². The molecule has 1 saturated heterocycles. The highest BCUT2D eigenvalue weighted by molar-refractivity contribution is 7.80. The van der Waals surface area contributed by atoms with E-state index in [1.54, 1.807) is 12.4 Å². The number of thiocarbonyl (C=S) groups is 1. The second kappa shape index (κ2) is 5.93. The Bertz CT molecular complexity index is 388. The normalized spacial score (nSPS) is 16.0. The third-order valence-corrected chi connectivity index (χ3v) is 3.25. The molecule has 92 valence electrons. The maximum Gasteiger partial charge on any atom is 0.106 e. The van der Waals surface area contributed by atoms with Crippen LogP contribution in [0.3, 0.4) is 0 Å². The van der Waals surface area contributed by atoms with Crippen LogP contribution < -0.4 is 11.1 Å². The van der Waals surface area contributed by atoms with Gasteiger partial charge in [0.15, 0.2) is 0 Å². The van der Waals surface area contributed by atoms with Gasteiger partial charge in [0.05, 0.1) is 11.9 Å². The summed E-state index contributed by atoms with van der Waals surface area (Å²) in [6, 6.07) is 1.85. The summed E-state index contributed by atoms with van der Waals surface area (Å²) < 4.78 is 0. The molecule has 1 aliphatic heterocycles. The molecule has 0 bridgehead atoms. The third-order valence-electron chi connectivity index (χ3n) is 3.03. The first-order valence-electron chi connectivity index (χ1n) is 5.97. The second-order valence-corrected chi connectivity index (χ2v) is 4.70. The molecule has 2 rings (SSSR count). The number of nitrogens with two attached hydrogens (primary N) is 1. The summed E-state index contributed by atoms with van der Waals surface area (Å²) in [4.78, 5) is 6.96. The number of hydrogen-bond donors (Lipinski definition) is 2. The van der Waals surface area contributed by atoms with Crippen LogP contribution >= 0.6 is 12.2 Å². The van der Waals surface area contributed by atoms with Crippen LogP contribution in [0, 0.1) is 0 Å². The van der Waals surface area contributed by atoms with E-state index in [2.05, 4.69) is 15.2 Å². The maximum absolute atomic E-state index is 5.66. The van der Waals surface area contributed by atoms with E-state index < -0.39 is 0 Å². The highest BCUT2D eigenvalue weighted by Gasteiger charge is 2.11. The number of aromatic nitrogens is 1. The van der Waals surface area contributed by atoms with E-state index >= 15 is 0 Å². The van der Waals surface area contributed by atoms with E-state index in [4.69, 9.17) is 18.0 Å². The van der Waals surface area contributed by atoms with Crippen molar-refractivity contribution in [1.29, 1.82) is 0 Å². The molecular formula is C12H18N4S. The van der Waals surface area contributed by atoms with Gasteiger partial charge in [-0.05, 0) is 32.0 Å². The standard InChI is InChI=1S/C12H18N4S/c13-12(17)10-3-4-14-9-11(10)15-5-8-16-6-1-2-7-16/h3-4,9,15H,1-2,5-8H2,(H2,13,17). The number of nitrogens with one attached hydrogen (secondary N) is 1. The minimum atomic E-state index is 0.413. The van der Waals surface area contributed by atoms with Crippen molar-refractivity contribution in [3.8, 4) is 0 Å². The average Bonchev–Trinajstić information content (AvgIpc) is 2.82. The SMILES string of the molecule is NC(=S)c1ccncc1NCCN1CCCC1. The molecule has 0 atom stereocenters. The minimum Gasteiger partial charge on any atom is -0.389 e. The first-order valence-corrected chi connectivity index (χ1v) is 6.38. The Hall–Kier alpha value is -1.20. The lowest BCUT2D eigenvalue weighted by Gasteiger charge is -2.16. The lowest BCUT2D eigenvalue weighted by atomic mass is 10.2. The van der Waals surface area contributed by atoms with Gasteiger partial charge < -0.3 is 16.0 Å². The molecule has 0 radical (unpaired) electrons. The minimum absolute atomic E-state index is 0.413. The second-order valence-electron chi connectivity index (χ2n) is 4.26. The molecule has 4 nitrogen and oxygen atoms in total. The van der Waals surface area contributed by atoms with Crippen molar-refractivity contribution in [3.63, 3.8) is 0 Å². The number of rotatable bonds is 5. The average molecular weight is 250 g/mol. The fraction of sp³-hybridized carbons (Fsp3) is 0.500. The summed E-state index contributed by atoms with van der Waals surface area (Å²) in [7, 11) is 0. The molecule has 0 saturated carbocycles. The molecule has 0 unspecified atom stereocenters. The topological polar surface area (TPSA) is 54.2 Å². The molecule has 0 aliphatic carbocycles. The van der Waals surface area contributed by atoms with Crippen molar-refractivity contribution >= 4 is 22.9 Å². The molecule has 1 fully saturated rings. The molecular weight excluding hydrogens is 232 g/mol. The van der Waals surface area contributed by atoms with Crippen LogP contribution in [0.2, 0.25) is 0 Å². The summed E-state index contributed by atoms with van der Waals surface area (Å²) in [5.41, 5.74) is 7.46. The number of hydrogen-bond acceptors (Lipinski definition) is 4. The monoisotopic (exact) mass is 250 g/mol. The predicted molar refractivity (Wildman–Crippen MR) is 74.3 cm³/mol. The first kappa shape index (κ1) is 12.3. The van der Waals surface area contributed by atoms with Gasteiger partial charge in [-0.25, -0.2) is 0 Å². The Kier molecular flexibility index (Phi) is 4.28. The van der Waals surface area contributed by atoms with Gasteiger partial charge in [0.2, 0.25) is 0 Å². The highest BCUT2D eigenvalue weighted by Crippen LogP contribution is 2.13. The molecule has 1 aromatic rings. The summed E-state index contributed by atoms with van der Waals surface area (Å²) in [6.45, 7) is 4.40. The molecule has 1 aromatic heterocycles. The van der Waals surface area contributed by atoms with Crippen molar-refractivity contribution in [2.45, 2.75) is 12.8 Å². The van der Waals surface area contributed by atoms with Gasteiger partial charge >= 0.3 is 0 Å². The molecule has 2 heterocycles. The fourth-order valence-corrected chi connectivity index (χ4v) is 2.28. The van der Waals surface area contributed by atoms with E-state index in [9.17, 15) is 0 Å². The van der Waals surface area contributed by atoms with Gasteiger partial charge in [0, 0.05) is 24.8 Å². The Morgan fingerprint density at radius 3 is 2.94 bits per heavy atom. The van der Waals surface area contributed by atoms with E-state index in [-0.39, 0.29) is 0 Å². The molecule has 5 heteroatoms. The van der Waals surface area contributed by atoms with Gasteiger partial charge in [0.1, 0.15) is 4.99 Å². The zero-order valence-electron chi connectivity index (χ0n) is 9.85. The Morgan fingerprint density at radius 1 is 1.47 bits per heavy atom. The van der Waals surface area contributed by atoms with Crippen LogP contribution in [0.5, 0.6) is 0 Å². The number of anilines is 1. The van der Waals surface area contributed by atoms with Crippen LogP contribution in [0.25, 0.3) is 0 Å². The largest absolute Gasteiger partial charge is 0.389 e. The van der Waals surface area contributed by atoms with Gasteiger partial charge in [-0.15, -0.1) is 0 Å². The highest BCUT2D eigenvalue weighted by atomic mass is 32.1. The third kappa shape index (κ3) is 3.38. The zero-order chi connectivity index (χ0) is 12.1. The van der Waals surface area contributed by atoms with Crippen molar-refractivity contribution in [3.05, 3.63) is 24.0 Å². The first-order chi connectivity index (χ1) is 8.27. The number of nitrogens with zero attached hydrogens (tertiary/aromatic N) is 2. The van der Waals surface area contributed by atoms with Crippen LogP contribution in [-0.4, -0.2) is 41.1 Å². The molecule has 17 heavy (non-hydrogen) atoms. The van der Waals surface area contributed by atoms with Crippen LogP contribution in [0.1, 0.15) is 18.4 Å². The van der Waals surface area contributed by atoms with Crippen LogP contribution in [0.4, 0.5) is 5.69 Å². The van der Waals surface area contributed by atoms with Crippen molar-refractivity contribution in [2.24, 2.45) is 5.73 Å². The molecule has 1 aliphatic rings. The lowest BCUT2D eigenvalue weighted by Crippen LogP contribution is -2.26. The summed E-state index contributed by atoms with van der Waals surface area (Å²) in [6.07, 6.45) is 6.13. The zero-order valence-corrected chi connectivity index (χ0v) is 10.7. The van der Waals surface area contributed by atoms with Crippen molar-refractivity contribution in [2.75, 3.05) is 31.5 Å². The van der Waals surface area contributed by atoms with E-state index in [0.717, 1.165) is 24.3 Å². The smallest absolute Gasteiger partial charge is 0.106 e. The van der Waals surface area contributed by atoms with E-state index in [1.165, 1.54) is 25.9 Å². The lowest BCUT2D eigenvalue weighted by molar-refractivity contribution is 0.352. The fourth-order valence-electron chi connectivity index (χ4n) is 2.11. The molecule has 0 spiro atoms. The molecule has 3 N–H and O–H groups in total. The van der Waals surface area contributed by atoms with Crippen molar-refractivity contribution in [1.82, 2.24) is 9.88 Å². The predicted octanol–water partition coefficient (Wildman–Crippen LogP) is 1.22. The Balaban J connectivity index is 1.87. The van der Waals surface area contributed by atoms with Gasteiger partial charge in [-0.3, -0.25) is 4.98 Å². The van der Waals surface area contributed by atoms with Gasteiger partial charge in [-0.2, -0.15) is 0 Å².